The van der Waals surface area contributed by atoms with Crippen LogP contribution in [0.1, 0.15) is 35.3 Å². The van der Waals surface area contributed by atoms with E-state index in [1.165, 1.54) is 11.8 Å². The Morgan fingerprint density at radius 3 is 2.53 bits per heavy atom. The topological polar surface area (TPSA) is 68.2 Å². The first-order chi connectivity index (χ1) is 18.3. The van der Waals surface area contributed by atoms with Crippen LogP contribution in [0.5, 0.6) is 5.75 Å². The van der Waals surface area contributed by atoms with Crippen LogP contribution in [0.3, 0.4) is 0 Å². The average molecular weight is 590 g/mol. The van der Waals surface area contributed by atoms with Crippen molar-refractivity contribution in [2.45, 2.75) is 20.5 Å². The Hall–Kier alpha value is -2.97. The number of aliphatic imine (C=N–C) groups is 1. The second-order valence-corrected chi connectivity index (χ2v) is 10.3. The molecule has 0 N–H and O–H groups in total. The van der Waals surface area contributed by atoms with Crippen molar-refractivity contribution >= 4 is 75.4 Å². The monoisotopic (exact) mass is 588 g/mol. The van der Waals surface area contributed by atoms with Crippen LogP contribution in [0, 0.1) is 0 Å². The van der Waals surface area contributed by atoms with Gasteiger partial charge < -0.3 is 9.47 Å². The molecule has 1 saturated heterocycles. The van der Waals surface area contributed by atoms with Crippen molar-refractivity contribution in [2.75, 3.05) is 13.2 Å². The lowest BCUT2D eigenvalue weighted by Crippen LogP contribution is -2.28. The average Bonchev–Trinajstić information content (AvgIpc) is 3.18. The van der Waals surface area contributed by atoms with Gasteiger partial charge in [0.2, 0.25) is 0 Å². The van der Waals surface area contributed by atoms with Crippen LogP contribution in [0.25, 0.3) is 6.08 Å². The molecule has 4 rings (SSSR count). The Labute approximate surface area is 240 Å². The molecule has 0 aromatic heterocycles. The highest BCUT2D eigenvalue weighted by molar-refractivity contribution is 8.18. The van der Waals surface area contributed by atoms with Gasteiger partial charge in [0, 0.05) is 32.7 Å². The van der Waals surface area contributed by atoms with E-state index in [1.54, 1.807) is 78.6 Å². The van der Waals surface area contributed by atoms with E-state index in [1.807, 2.05) is 6.92 Å². The first-order valence-corrected chi connectivity index (χ1v) is 13.7. The summed E-state index contributed by atoms with van der Waals surface area (Å²) in [6, 6.07) is 17.2. The highest BCUT2D eigenvalue weighted by Gasteiger charge is 2.32. The summed E-state index contributed by atoms with van der Waals surface area (Å²) in [5.74, 6) is -0.0765. The molecule has 0 unspecified atom stereocenters. The van der Waals surface area contributed by atoms with Crippen molar-refractivity contribution < 1.29 is 19.1 Å². The van der Waals surface area contributed by atoms with E-state index in [2.05, 4.69) is 4.99 Å². The van der Waals surface area contributed by atoms with Crippen molar-refractivity contribution in [3.8, 4) is 5.75 Å². The van der Waals surface area contributed by atoms with Crippen LogP contribution >= 0.6 is 46.6 Å². The molecule has 1 amide bonds. The first-order valence-electron chi connectivity index (χ1n) is 11.7. The molecule has 1 heterocycles. The number of halogens is 3. The normalized spacial score (nSPS) is 15.4. The number of ether oxygens (including phenoxy) is 2. The summed E-state index contributed by atoms with van der Waals surface area (Å²) in [6.07, 6.45) is 1.73. The second-order valence-electron chi connectivity index (χ2n) is 8.03. The molecule has 1 aliphatic heterocycles. The van der Waals surface area contributed by atoms with Crippen LogP contribution in [0.15, 0.2) is 70.6 Å². The Bertz CT molecular complexity index is 1440. The molecular weight excluding hydrogens is 567 g/mol. The van der Waals surface area contributed by atoms with Crippen LogP contribution in [-0.4, -0.2) is 35.1 Å². The molecule has 0 aliphatic carbocycles. The largest absolute Gasteiger partial charge is 0.488 e. The quantitative estimate of drug-likeness (QED) is 0.197. The van der Waals surface area contributed by atoms with Crippen LogP contribution < -0.4 is 4.74 Å². The molecule has 1 aliphatic rings. The van der Waals surface area contributed by atoms with Gasteiger partial charge in [0.1, 0.15) is 12.4 Å². The summed E-state index contributed by atoms with van der Waals surface area (Å²) in [5.41, 5.74) is 2.34. The zero-order valence-electron chi connectivity index (χ0n) is 20.5. The highest BCUT2D eigenvalue weighted by Crippen LogP contribution is 2.36. The number of nitrogens with zero attached hydrogens (tertiary/aromatic N) is 2. The van der Waals surface area contributed by atoms with E-state index in [4.69, 9.17) is 44.3 Å². The zero-order chi connectivity index (χ0) is 27.2. The van der Waals surface area contributed by atoms with E-state index in [0.29, 0.717) is 54.2 Å². The zero-order valence-corrected chi connectivity index (χ0v) is 23.6. The van der Waals surface area contributed by atoms with Gasteiger partial charge in [-0.25, -0.2) is 9.79 Å². The third-order valence-electron chi connectivity index (χ3n) is 5.44. The number of carbonyl (C=O) groups is 2. The van der Waals surface area contributed by atoms with E-state index < -0.39 is 5.97 Å². The van der Waals surface area contributed by atoms with Gasteiger partial charge >= 0.3 is 5.97 Å². The maximum Gasteiger partial charge on any atom is 0.338 e. The number of hydrogen-bond donors (Lipinski definition) is 0. The van der Waals surface area contributed by atoms with Crippen molar-refractivity contribution in [3.63, 3.8) is 0 Å². The molecule has 196 valence electrons. The number of thioether (sulfide) groups is 1. The van der Waals surface area contributed by atoms with Crippen LogP contribution in [0.4, 0.5) is 5.69 Å². The Kier molecular flexibility index (Phi) is 9.39. The minimum atomic E-state index is -0.425. The molecule has 0 atom stereocenters. The molecule has 6 nitrogen and oxygen atoms in total. The van der Waals surface area contributed by atoms with Gasteiger partial charge in [0.15, 0.2) is 5.17 Å². The number of likely N-dealkylation sites (N-methyl/N-ethyl adjacent to an activating group) is 1. The van der Waals surface area contributed by atoms with Gasteiger partial charge in [0.25, 0.3) is 5.91 Å². The predicted molar refractivity (Wildman–Crippen MR) is 155 cm³/mol. The van der Waals surface area contributed by atoms with Crippen LogP contribution in [-0.2, 0) is 16.1 Å². The highest BCUT2D eigenvalue weighted by atomic mass is 35.5. The van der Waals surface area contributed by atoms with E-state index in [-0.39, 0.29) is 19.1 Å². The molecule has 1 fully saturated rings. The van der Waals surface area contributed by atoms with Crippen molar-refractivity contribution in [2.24, 2.45) is 4.99 Å². The summed E-state index contributed by atoms with van der Waals surface area (Å²) >= 11 is 19.8. The molecule has 0 saturated carbocycles. The van der Waals surface area contributed by atoms with E-state index in [9.17, 15) is 9.59 Å². The number of esters is 1. The summed E-state index contributed by atoms with van der Waals surface area (Å²) in [7, 11) is 0. The number of hydrogen-bond acceptors (Lipinski definition) is 6. The fourth-order valence-corrected chi connectivity index (χ4v) is 5.29. The summed E-state index contributed by atoms with van der Waals surface area (Å²) in [5, 5.41) is 2.04. The fourth-order valence-electron chi connectivity index (χ4n) is 3.60. The van der Waals surface area contributed by atoms with Gasteiger partial charge in [-0.2, -0.15) is 0 Å². The lowest BCUT2D eigenvalue weighted by Gasteiger charge is -2.12. The third kappa shape index (κ3) is 6.72. The predicted octanol–water partition coefficient (Wildman–Crippen LogP) is 8.03. The number of amides is 1. The summed E-state index contributed by atoms with van der Waals surface area (Å²) in [6.45, 7) is 4.53. The molecule has 38 heavy (non-hydrogen) atoms. The number of benzene rings is 3. The SMILES string of the molecule is CCOC(=O)c1cccc(N=C2SC(=Cc3cc(Cl)ccc3OCc3ccc(Cl)cc3Cl)C(=O)N2CC)c1. The number of carbonyl (C=O) groups excluding carboxylic acids is 2. The van der Waals surface area contributed by atoms with Crippen LogP contribution in [0.2, 0.25) is 15.1 Å². The smallest absolute Gasteiger partial charge is 0.338 e. The second kappa shape index (κ2) is 12.7. The molecule has 0 bridgehead atoms. The van der Waals surface area contributed by atoms with Gasteiger partial charge in [-0.1, -0.05) is 46.9 Å². The lowest BCUT2D eigenvalue weighted by molar-refractivity contribution is -0.122. The molecule has 0 spiro atoms. The maximum absolute atomic E-state index is 13.2. The van der Waals surface area contributed by atoms with Gasteiger partial charge in [-0.05, 0) is 80.2 Å². The molecule has 0 radical (unpaired) electrons. The van der Waals surface area contributed by atoms with Crippen molar-refractivity contribution in [3.05, 3.63) is 97.3 Å². The minimum absolute atomic E-state index is 0.190. The fraction of sp³-hybridized carbons (Fsp3) is 0.179. The number of amidine groups is 1. The lowest BCUT2D eigenvalue weighted by atomic mass is 10.1. The Balaban J connectivity index is 1.61. The van der Waals surface area contributed by atoms with Crippen molar-refractivity contribution in [1.82, 2.24) is 4.90 Å². The molecular formula is C28H23Cl3N2O4S. The van der Waals surface area contributed by atoms with Gasteiger partial charge in [0.05, 0.1) is 22.8 Å². The van der Waals surface area contributed by atoms with E-state index >= 15 is 0 Å². The standard InChI is InChI=1S/C28H23Cl3N2O4S/c1-3-33-26(34)25(38-28(33)32-22-7-5-6-17(13-22)27(35)36-4-2)14-19-12-20(29)10-11-24(19)37-16-18-8-9-21(30)15-23(18)31/h5-15H,3-4,16H2,1-2H3. The van der Waals surface area contributed by atoms with Crippen molar-refractivity contribution in [1.29, 1.82) is 0 Å². The number of rotatable bonds is 8. The summed E-state index contributed by atoms with van der Waals surface area (Å²) in [4.78, 5) is 32.0. The van der Waals surface area contributed by atoms with E-state index in [0.717, 1.165) is 5.56 Å². The molecule has 3 aromatic rings. The third-order valence-corrected chi connectivity index (χ3v) is 7.27. The van der Waals surface area contributed by atoms with Gasteiger partial charge in [-0.15, -0.1) is 0 Å². The molecule has 3 aromatic carbocycles. The van der Waals surface area contributed by atoms with Gasteiger partial charge in [-0.3, -0.25) is 9.69 Å². The summed E-state index contributed by atoms with van der Waals surface area (Å²) < 4.78 is 11.1. The minimum Gasteiger partial charge on any atom is -0.488 e. The maximum atomic E-state index is 13.2. The Morgan fingerprint density at radius 2 is 1.79 bits per heavy atom. The first kappa shape index (κ1) is 28.0. The Morgan fingerprint density at radius 1 is 1.03 bits per heavy atom. The molecule has 10 heteroatoms.